The van der Waals surface area contributed by atoms with Gasteiger partial charge in [-0.25, -0.2) is 17.5 Å². The third kappa shape index (κ3) is 3.63. The van der Waals surface area contributed by atoms with Crippen molar-refractivity contribution < 1.29 is 17.5 Å². The van der Waals surface area contributed by atoms with Gasteiger partial charge in [0, 0.05) is 6.07 Å². The third-order valence-corrected chi connectivity index (χ3v) is 4.88. The van der Waals surface area contributed by atoms with Crippen molar-refractivity contribution in [1.29, 1.82) is 0 Å². The lowest BCUT2D eigenvalue weighted by atomic mass is 10.3. The molecule has 1 aromatic heterocycles. The highest BCUT2D eigenvalue weighted by atomic mass is 32.2. The summed E-state index contributed by atoms with van der Waals surface area (Å²) in [6.45, 7) is 1.74. The molecule has 0 aliphatic carbocycles. The summed E-state index contributed by atoms with van der Waals surface area (Å²) in [5, 5.41) is 4.26. The number of halogens is 1. The van der Waals surface area contributed by atoms with Crippen LogP contribution in [0.25, 0.3) is 5.69 Å². The number of sulfonamides is 1. The SMILES string of the molecule is COc1ccc(S(=O)(=O)Nc2cc(C)nn2-c2ccc(F)cc2)cc1. The van der Waals surface area contributed by atoms with Crippen LogP contribution < -0.4 is 9.46 Å². The number of nitrogens with zero attached hydrogens (tertiary/aromatic N) is 2. The van der Waals surface area contributed by atoms with E-state index in [1.54, 1.807) is 25.1 Å². The number of hydrogen-bond acceptors (Lipinski definition) is 4. The quantitative estimate of drug-likeness (QED) is 0.758. The predicted molar refractivity (Wildman–Crippen MR) is 92.1 cm³/mol. The van der Waals surface area contributed by atoms with E-state index in [2.05, 4.69) is 9.82 Å². The van der Waals surface area contributed by atoms with Crippen LogP contribution in [0.1, 0.15) is 5.69 Å². The summed E-state index contributed by atoms with van der Waals surface area (Å²) in [5.41, 5.74) is 1.17. The lowest BCUT2D eigenvalue weighted by Crippen LogP contribution is -2.15. The van der Waals surface area contributed by atoms with Gasteiger partial charge in [-0.05, 0) is 55.5 Å². The van der Waals surface area contributed by atoms with Crippen LogP contribution in [0.4, 0.5) is 10.2 Å². The van der Waals surface area contributed by atoms with E-state index in [9.17, 15) is 12.8 Å². The molecule has 3 aromatic rings. The molecule has 0 atom stereocenters. The molecule has 0 fully saturated rings. The molecule has 0 spiro atoms. The maximum Gasteiger partial charge on any atom is 0.263 e. The van der Waals surface area contributed by atoms with Crippen molar-refractivity contribution in [2.75, 3.05) is 11.8 Å². The topological polar surface area (TPSA) is 73.2 Å². The van der Waals surface area contributed by atoms with E-state index in [0.717, 1.165) is 0 Å². The number of rotatable bonds is 5. The summed E-state index contributed by atoms with van der Waals surface area (Å²) in [5.74, 6) is 0.444. The van der Waals surface area contributed by atoms with E-state index < -0.39 is 10.0 Å². The first-order valence-electron chi connectivity index (χ1n) is 7.38. The second kappa shape index (κ2) is 6.56. The van der Waals surface area contributed by atoms with Gasteiger partial charge in [0.1, 0.15) is 17.4 Å². The van der Waals surface area contributed by atoms with Gasteiger partial charge in [0.05, 0.1) is 23.4 Å². The van der Waals surface area contributed by atoms with Crippen LogP contribution in [0.5, 0.6) is 5.75 Å². The second-order valence-corrected chi connectivity index (χ2v) is 7.02. The molecular formula is C17H16FN3O3S. The minimum atomic E-state index is -3.80. The van der Waals surface area contributed by atoms with Crippen molar-refractivity contribution >= 4 is 15.8 Å². The fraction of sp³-hybridized carbons (Fsp3) is 0.118. The van der Waals surface area contributed by atoms with Crippen LogP contribution in [0, 0.1) is 12.7 Å². The van der Waals surface area contributed by atoms with E-state index in [4.69, 9.17) is 4.74 Å². The van der Waals surface area contributed by atoms with Gasteiger partial charge in [-0.15, -0.1) is 0 Å². The highest BCUT2D eigenvalue weighted by Crippen LogP contribution is 2.22. The zero-order valence-corrected chi connectivity index (χ0v) is 14.4. The zero-order valence-electron chi connectivity index (χ0n) is 13.6. The van der Waals surface area contributed by atoms with Gasteiger partial charge in [0.15, 0.2) is 0 Å². The number of aromatic nitrogens is 2. The molecule has 0 unspecified atom stereocenters. The average Bonchev–Trinajstić information content (AvgIpc) is 2.95. The minimum Gasteiger partial charge on any atom is -0.497 e. The predicted octanol–water partition coefficient (Wildman–Crippen LogP) is 3.13. The van der Waals surface area contributed by atoms with Crippen LogP contribution >= 0.6 is 0 Å². The van der Waals surface area contributed by atoms with E-state index >= 15 is 0 Å². The largest absolute Gasteiger partial charge is 0.497 e. The summed E-state index contributed by atoms with van der Waals surface area (Å²) in [6, 6.07) is 13.2. The molecule has 8 heteroatoms. The Morgan fingerprint density at radius 1 is 1.08 bits per heavy atom. The molecule has 3 rings (SSSR count). The van der Waals surface area contributed by atoms with E-state index in [0.29, 0.717) is 17.1 Å². The summed E-state index contributed by atoms with van der Waals surface area (Å²) in [6.07, 6.45) is 0. The van der Waals surface area contributed by atoms with Gasteiger partial charge >= 0.3 is 0 Å². The molecule has 6 nitrogen and oxygen atoms in total. The lowest BCUT2D eigenvalue weighted by molar-refractivity contribution is 0.414. The van der Waals surface area contributed by atoms with Gasteiger partial charge < -0.3 is 4.74 Å². The highest BCUT2D eigenvalue weighted by Gasteiger charge is 2.18. The summed E-state index contributed by atoms with van der Waals surface area (Å²) in [4.78, 5) is 0.0952. The molecule has 0 radical (unpaired) electrons. The Kier molecular flexibility index (Phi) is 4.45. The van der Waals surface area contributed by atoms with Gasteiger partial charge in [-0.3, -0.25) is 4.72 Å². The molecule has 0 saturated carbocycles. The fourth-order valence-electron chi connectivity index (χ4n) is 2.30. The molecule has 0 amide bonds. The van der Waals surface area contributed by atoms with Crippen LogP contribution in [-0.2, 0) is 10.0 Å². The second-order valence-electron chi connectivity index (χ2n) is 5.34. The van der Waals surface area contributed by atoms with Crippen LogP contribution in [0.2, 0.25) is 0 Å². The first-order chi connectivity index (χ1) is 11.9. The van der Waals surface area contributed by atoms with Crippen molar-refractivity contribution in [1.82, 2.24) is 9.78 Å². The van der Waals surface area contributed by atoms with Crippen LogP contribution in [-0.4, -0.2) is 25.3 Å². The van der Waals surface area contributed by atoms with Gasteiger partial charge in [-0.2, -0.15) is 5.10 Å². The van der Waals surface area contributed by atoms with E-state index in [1.807, 2.05) is 0 Å². The number of aryl methyl sites for hydroxylation is 1. The smallest absolute Gasteiger partial charge is 0.263 e. The molecular weight excluding hydrogens is 345 g/mol. The normalized spacial score (nSPS) is 11.3. The Morgan fingerprint density at radius 3 is 2.32 bits per heavy atom. The van der Waals surface area contributed by atoms with Gasteiger partial charge in [-0.1, -0.05) is 0 Å². The third-order valence-electron chi connectivity index (χ3n) is 3.51. The van der Waals surface area contributed by atoms with Crippen molar-refractivity contribution in [2.45, 2.75) is 11.8 Å². The average molecular weight is 361 g/mol. The maximum absolute atomic E-state index is 13.1. The molecule has 2 aromatic carbocycles. The highest BCUT2D eigenvalue weighted by molar-refractivity contribution is 7.92. The molecule has 1 N–H and O–H groups in total. The van der Waals surface area contributed by atoms with Crippen molar-refractivity contribution in [3.63, 3.8) is 0 Å². The molecule has 1 heterocycles. The fourth-order valence-corrected chi connectivity index (χ4v) is 3.34. The first-order valence-corrected chi connectivity index (χ1v) is 8.87. The number of nitrogens with one attached hydrogen (secondary N) is 1. The maximum atomic E-state index is 13.1. The summed E-state index contributed by atoms with van der Waals surface area (Å²) >= 11 is 0. The van der Waals surface area contributed by atoms with Crippen LogP contribution in [0.3, 0.4) is 0 Å². The van der Waals surface area contributed by atoms with Crippen LogP contribution in [0.15, 0.2) is 59.5 Å². The summed E-state index contributed by atoms with van der Waals surface area (Å²) < 4.78 is 47.3. The van der Waals surface area contributed by atoms with Crippen molar-refractivity contribution in [2.24, 2.45) is 0 Å². The molecule has 0 aliphatic heterocycles. The number of methoxy groups -OCH3 is 1. The Balaban J connectivity index is 1.95. The Hall–Kier alpha value is -2.87. The Labute approximate surface area is 144 Å². The summed E-state index contributed by atoms with van der Waals surface area (Å²) in [7, 11) is -2.30. The standard InChI is InChI=1S/C17H16FN3O3S/c1-12-11-17(21(19-12)14-5-3-13(18)4-6-14)20-25(22,23)16-9-7-15(24-2)8-10-16/h3-11,20H,1-2H3. The molecule has 130 valence electrons. The number of ether oxygens (including phenoxy) is 1. The molecule has 25 heavy (non-hydrogen) atoms. The zero-order chi connectivity index (χ0) is 18.0. The Bertz CT molecular complexity index is 981. The number of benzene rings is 2. The number of hydrogen-bond donors (Lipinski definition) is 1. The number of anilines is 1. The van der Waals surface area contributed by atoms with E-state index in [1.165, 1.54) is 48.2 Å². The van der Waals surface area contributed by atoms with Gasteiger partial charge in [0.2, 0.25) is 0 Å². The van der Waals surface area contributed by atoms with Gasteiger partial charge in [0.25, 0.3) is 10.0 Å². The van der Waals surface area contributed by atoms with E-state index in [-0.39, 0.29) is 16.5 Å². The molecule has 0 aliphatic rings. The Morgan fingerprint density at radius 2 is 1.72 bits per heavy atom. The van der Waals surface area contributed by atoms with Crippen molar-refractivity contribution in [3.8, 4) is 11.4 Å². The lowest BCUT2D eigenvalue weighted by Gasteiger charge is -2.11. The van der Waals surface area contributed by atoms with Crippen molar-refractivity contribution in [3.05, 3.63) is 66.1 Å². The minimum absolute atomic E-state index is 0.0952. The monoisotopic (exact) mass is 361 g/mol. The first kappa shape index (κ1) is 17.0. The molecule has 0 bridgehead atoms. The molecule has 0 saturated heterocycles.